The van der Waals surface area contributed by atoms with Gasteiger partial charge in [-0.05, 0) is 53.8 Å². The monoisotopic (exact) mass is 303 g/mol. The van der Waals surface area contributed by atoms with E-state index in [1.54, 1.807) is 11.8 Å². The average Bonchev–Trinajstić information content (AvgIpc) is 3.14. The highest BCUT2D eigenvalue weighted by atomic mass is 32.2. The Bertz CT molecular complexity index is 577. The molecule has 1 heterocycles. The summed E-state index contributed by atoms with van der Waals surface area (Å²) in [6, 6.07) is 8.62. The number of rotatable bonds is 6. The predicted molar refractivity (Wildman–Crippen MR) is 85.2 cm³/mol. The number of tetrazole rings is 1. The number of aryl methyl sites for hydroxylation is 1. The van der Waals surface area contributed by atoms with Crippen LogP contribution in [-0.4, -0.2) is 26.0 Å². The second-order valence-electron chi connectivity index (χ2n) is 5.54. The van der Waals surface area contributed by atoms with Crippen molar-refractivity contribution >= 4 is 17.4 Å². The summed E-state index contributed by atoms with van der Waals surface area (Å²) in [5.74, 6) is 1.03. The molecular weight excluding hydrogens is 282 g/mol. The Morgan fingerprint density at radius 2 is 2.14 bits per heavy atom. The number of nitrogens with two attached hydrogens (primary N) is 1. The van der Waals surface area contributed by atoms with Crippen LogP contribution in [-0.2, 0) is 6.42 Å². The van der Waals surface area contributed by atoms with Crippen molar-refractivity contribution in [1.82, 2.24) is 20.2 Å². The number of thioether (sulfide) groups is 1. The number of benzene rings is 1. The van der Waals surface area contributed by atoms with Crippen LogP contribution in [0.5, 0.6) is 0 Å². The van der Waals surface area contributed by atoms with Crippen molar-refractivity contribution in [3.8, 4) is 0 Å². The zero-order chi connectivity index (χ0) is 14.5. The molecule has 21 heavy (non-hydrogen) atoms. The average molecular weight is 303 g/mol. The van der Waals surface area contributed by atoms with Crippen molar-refractivity contribution < 1.29 is 0 Å². The van der Waals surface area contributed by atoms with Gasteiger partial charge in [0.2, 0.25) is 5.16 Å². The van der Waals surface area contributed by atoms with Crippen LogP contribution in [0.1, 0.15) is 43.7 Å². The quantitative estimate of drug-likeness (QED) is 0.504. The summed E-state index contributed by atoms with van der Waals surface area (Å²) in [4.78, 5) is 0. The van der Waals surface area contributed by atoms with Crippen LogP contribution in [0.4, 0.5) is 5.69 Å². The number of hydrogen-bond acceptors (Lipinski definition) is 5. The molecule has 0 saturated heterocycles. The van der Waals surface area contributed by atoms with E-state index >= 15 is 0 Å². The fourth-order valence-electron chi connectivity index (χ4n) is 2.85. The molecule has 0 spiro atoms. The number of aromatic nitrogens is 4. The first-order valence-electron chi connectivity index (χ1n) is 7.58. The van der Waals surface area contributed by atoms with Gasteiger partial charge in [-0.1, -0.05) is 36.7 Å². The Hall–Kier alpha value is -1.56. The summed E-state index contributed by atoms with van der Waals surface area (Å²) in [5, 5.41) is 13.1. The number of anilines is 1. The summed E-state index contributed by atoms with van der Waals surface area (Å²) in [7, 11) is 0. The highest BCUT2D eigenvalue weighted by Gasteiger charge is 2.21. The maximum atomic E-state index is 5.79. The molecule has 5 nitrogen and oxygen atoms in total. The van der Waals surface area contributed by atoms with E-state index in [0.717, 1.165) is 29.4 Å². The van der Waals surface area contributed by atoms with Gasteiger partial charge in [-0.2, -0.15) is 0 Å². The number of nitrogen functional groups attached to an aromatic ring is 1. The smallest absolute Gasteiger partial charge is 0.209 e. The third-order valence-electron chi connectivity index (χ3n) is 3.93. The van der Waals surface area contributed by atoms with E-state index in [-0.39, 0.29) is 0 Å². The van der Waals surface area contributed by atoms with Crippen LogP contribution in [0.3, 0.4) is 0 Å². The largest absolute Gasteiger partial charge is 0.399 e. The maximum absolute atomic E-state index is 5.79. The van der Waals surface area contributed by atoms with E-state index in [4.69, 9.17) is 5.73 Å². The Morgan fingerprint density at radius 1 is 1.29 bits per heavy atom. The van der Waals surface area contributed by atoms with E-state index in [0.29, 0.717) is 6.04 Å². The van der Waals surface area contributed by atoms with Gasteiger partial charge in [0.05, 0.1) is 6.04 Å². The van der Waals surface area contributed by atoms with E-state index < -0.39 is 0 Å². The molecule has 0 aliphatic heterocycles. The van der Waals surface area contributed by atoms with Crippen molar-refractivity contribution in [2.75, 3.05) is 11.5 Å². The normalized spacial score (nSPS) is 15.6. The van der Waals surface area contributed by atoms with Crippen LogP contribution >= 0.6 is 11.8 Å². The molecule has 0 atom stereocenters. The fraction of sp³-hybridized carbons (Fsp3) is 0.533. The third kappa shape index (κ3) is 3.75. The first-order valence-corrected chi connectivity index (χ1v) is 8.56. The highest BCUT2D eigenvalue weighted by molar-refractivity contribution is 7.99. The molecule has 0 unspecified atom stereocenters. The van der Waals surface area contributed by atoms with Gasteiger partial charge in [-0.15, -0.1) is 5.10 Å². The molecule has 3 rings (SSSR count). The molecule has 0 radical (unpaired) electrons. The van der Waals surface area contributed by atoms with Crippen molar-refractivity contribution in [2.24, 2.45) is 0 Å². The molecule has 2 aromatic rings. The maximum Gasteiger partial charge on any atom is 0.209 e. The van der Waals surface area contributed by atoms with Gasteiger partial charge >= 0.3 is 0 Å². The second-order valence-corrected chi connectivity index (χ2v) is 6.60. The minimum atomic E-state index is 0.511. The van der Waals surface area contributed by atoms with E-state index in [2.05, 4.69) is 21.6 Å². The van der Waals surface area contributed by atoms with Crippen molar-refractivity contribution in [3.05, 3.63) is 29.8 Å². The summed E-state index contributed by atoms with van der Waals surface area (Å²) < 4.78 is 2.03. The van der Waals surface area contributed by atoms with E-state index in [9.17, 15) is 0 Å². The zero-order valence-electron chi connectivity index (χ0n) is 12.1. The van der Waals surface area contributed by atoms with Gasteiger partial charge < -0.3 is 5.73 Å². The van der Waals surface area contributed by atoms with E-state index in [1.165, 1.54) is 31.2 Å². The molecule has 1 aliphatic carbocycles. The highest BCUT2D eigenvalue weighted by Crippen LogP contribution is 2.31. The minimum absolute atomic E-state index is 0.511. The second kappa shape index (κ2) is 6.93. The van der Waals surface area contributed by atoms with Crippen molar-refractivity contribution in [3.63, 3.8) is 0 Å². The lowest BCUT2D eigenvalue weighted by molar-refractivity contribution is 0.423. The van der Waals surface area contributed by atoms with Crippen LogP contribution < -0.4 is 5.73 Å². The topological polar surface area (TPSA) is 69.6 Å². The molecule has 1 saturated carbocycles. The Labute approximate surface area is 129 Å². The molecule has 0 amide bonds. The lowest BCUT2D eigenvalue weighted by atomic mass is 10.1. The van der Waals surface area contributed by atoms with Gasteiger partial charge in [0.15, 0.2) is 0 Å². The summed E-state index contributed by atoms with van der Waals surface area (Å²) in [6.45, 7) is 0. The van der Waals surface area contributed by atoms with Gasteiger partial charge in [0.1, 0.15) is 0 Å². The molecular formula is C15H21N5S. The number of nitrogens with zero attached hydrogens (tertiary/aromatic N) is 4. The standard InChI is InChI=1S/C15H21N5S/c16-13-7-3-5-12(11-13)6-4-10-21-15-17-18-19-20(15)14-8-1-2-9-14/h3,5,7,11,14H,1-2,4,6,8-10,16H2. The SMILES string of the molecule is Nc1cccc(CCCSc2nnnn2C2CCCC2)c1. The van der Waals surface area contributed by atoms with Crippen LogP contribution in [0, 0.1) is 0 Å². The molecule has 6 heteroatoms. The summed E-state index contributed by atoms with van der Waals surface area (Å²) >= 11 is 1.76. The van der Waals surface area contributed by atoms with Gasteiger partial charge in [0.25, 0.3) is 0 Å². The molecule has 1 fully saturated rings. The lowest BCUT2D eigenvalue weighted by Gasteiger charge is -2.10. The molecule has 112 valence electrons. The Morgan fingerprint density at radius 3 is 2.95 bits per heavy atom. The fourth-order valence-corrected chi connectivity index (χ4v) is 3.73. The minimum Gasteiger partial charge on any atom is -0.399 e. The lowest BCUT2D eigenvalue weighted by Crippen LogP contribution is -2.08. The molecule has 2 N–H and O–H groups in total. The third-order valence-corrected chi connectivity index (χ3v) is 4.94. The predicted octanol–water partition coefficient (Wildman–Crippen LogP) is 3.10. The molecule has 0 bridgehead atoms. The molecule has 1 aromatic carbocycles. The Balaban J connectivity index is 1.48. The zero-order valence-corrected chi connectivity index (χ0v) is 12.9. The van der Waals surface area contributed by atoms with Crippen LogP contribution in [0.25, 0.3) is 0 Å². The van der Waals surface area contributed by atoms with Gasteiger partial charge in [0, 0.05) is 11.4 Å². The first-order chi connectivity index (χ1) is 10.3. The summed E-state index contributed by atoms with van der Waals surface area (Å²) in [6.07, 6.45) is 7.16. The van der Waals surface area contributed by atoms with Crippen LogP contribution in [0.2, 0.25) is 0 Å². The van der Waals surface area contributed by atoms with E-state index in [1.807, 2.05) is 22.9 Å². The first kappa shape index (κ1) is 14.4. The van der Waals surface area contributed by atoms with Crippen molar-refractivity contribution in [1.29, 1.82) is 0 Å². The van der Waals surface area contributed by atoms with Gasteiger partial charge in [-0.25, -0.2) is 4.68 Å². The molecule has 1 aliphatic rings. The number of hydrogen-bond donors (Lipinski definition) is 1. The molecule has 1 aromatic heterocycles. The Kier molecular flexibility index (Phi) is 4.75. The van der Waals surface area contributed by atoms with Crippen molar-refractivity contribution in [2.45, 2.75) is 49.7 Å². The summed E-state index contributed by atoms with van der Waals surface area (Å²) in [5.41, 5.74) is 7.93. The van der Waals surface area contributed by atoms with Crippen LogP contribution in [0.15, 0.2) is 29.4 Å². The van der Waals surface area contributed by atoms with Gasteiger partial charge in [-0.3, -0.25) is 0 Å².